The van der Waals surface area contributed by atoms with Crippen molar-refractivity contribution in [3.05, 3.63) is 238 Å². The molecule has 4 nitrogen and oxygen atoms in total. The van der Waals surface area contributed by atoms with Crippen LogP contribution in [0.15, 0.2) is 182 Å². The van der Waals surface area contributed by atoms with E-state index in [-0.39, 0.29) is 0 Å². The third kappa shape index (κ3) is 7.67. The third-order valence-corrected chi connectivity index (χ3v) is 15.3. The fourth-order valence-electron chi connectivity index (χ4n) is 11.8. The van der Waals surface area contributed by atoms with Crippen molar-refractivity contribution < 1.29 is 0 Å². The molecule has 0 saturated carbocycles. The fourth-order valence-corrected chi connectivity index (χ4v) is 11.8. The highest BCUT2D eigenvalue weighted by Crippen LogP contribution is 2.46. The van der Waals surface area contributed by atoms with E-state index >= 15 is 0 Å². The van der Waals surface area contributed by atoms with Gasteiger partial charge in [0.25, 0.3) is 0 Å². The minimum Gasteiger partial charge on any atom is -0.308 e. The number of benzene rings is 10. The predicted molar refractivity (Wildman–Crippen MR) is 310 cm³/mol. The molecule has 0 bridgehead atoms. The van der Waals surface area contributed by atoms with Crippen molar-refractivity contribution in [2.75, 3.05) is 0 Å². The summed E-state index contributed by atoms with van der Waals surface area (Å²) in [5.41, 5.74) is 28.1. The molecule has 0 aliphatic heterocycles. The molecule has 0 N–H and O–H groups in total. The van der Waals surface area contributed by atoms with E-state index in [2.05, 4.69) is 247 Å². The first-order chi connectivity index (χ1) is 35.8. The van der Waals surface area contributed by atoms with Crippen LogP contribution in [0.4, 0.5) is 0 Å². The smallest absolute Gasteiger partial charge is 0.0993 e. The molecule has 0 radical (unpaired) electrons. The Bertz CT molecular complexity index is 3940. The Morgan fingerprint density at radius 2 is 0.568 bits per heavy atom. The van der Waals surface area contributed by atoms with E-state index in [0.29, 0.717) is 11.1 Å². The summed E-state index contributed by atoms with van der Waals surface area (Å²) < 4.78 is 4.73. The summed E-state index contributed by atoms with van der Waals surface area (Å²) in [7, 11) is 0. The summed E-state index contributed by atoms with van der Waals surface area (Å²) in [6, 6.07) is 71.1. The monoisotopic (exact) mass is 950 g/mol. The van der Waals surface area contributed by atoms with E-state index in [1.807, 2.05) is 12.1 Å². The van der Waals surface area contributed by atoms with Crippen LogP contribution in [-0.2, 0) is 0 Å². The van der Waals surface area contributed by atoms with Gasteiger partial charge in [0, 0.05) is 27.1 Å². The molecule has 74 heavy (non-hydrogen) atoms. The molecule has 0 unspecified atom stereocenters. The quantitative estimate of drug-likeness (QED) is 0.160. The van der Waals surface area contributed by atoms with Gasteiger partial charge in [-0.25, -0.2) is 0 Å². The standard InChI is InChI=1S/C70H54N4/c1-41-9-21-56(45(5)29-41)52-17-25-64-60(35-52)61-36-53(57-22-10-42(2)30-46(57)6)18-26-65(61)73(64)68-33-50(40-72)34-69(70(68)51-15-13-49(39-71)14-16-51)74-66-27-19-54(58-23-11-43(3)31-47(58)7)37-62(66)63-38-55(20-28-67(63)74)59-24-12-44(4)32-48(59)8/h9-38H,1-8H3. The van der Waals surface area contributed by atoms with E-state index in [1.54, 1.807) is 0 Å². The van der Waals surface area contributed by atoms with Gasteiger partial charge in [0.05, 0.1) is 56.7 Å². The normalized spacial score (nSPS) is 11.5. The summed E-state index contributed by atoms with van der Waals surface area (Å²) in [6.45, 7) is 17.3. The van der Waals surface area contributed by atoms with Gasteiger partial charge in [0.15, 0.2) is 0 Å². The van der Waals surface area contributed by atoms with E-state index in [4.69, 9.17) is 0 Å². The van der Waals surface area contributed by atoms with Crippen molar-refractivity contribution in [1.82, 2.24) is 9.13 Å². The van der Waals surface area contributed by atoms with Gasteiger partial charge in [0.2, 0.25) is 0 Å². The van der Waals surface area contributed by atoms with E-state index in [9.17, 15) is 10.5 Å². The van der Waals surface area contributed by atoms with Gasteiger partial charge in [0.1, 0.15) is 0 Å². The number of aryl methyl sites for hydroxylation is 8. The SMILES string of the molecule is Cc1ccc(-c2ccc3c(c2)c2cc(-c4ccc(C)cc4C)ccc2n3-c2cc(C#N)cc(-n3c4ccc(-c5ccc(C)cc5C)cc4c4cc(-c5ccc(C)cc5C)ccc43)c2-c2ccc(C#N)cc2)c(C)c1. The molecule has 0 spiro atoms. The largest absolute Gasteiger partial charge is 0.308 e. The van der Waals surface area contributed by atoms with Crippen molar-refractivity contribution in [2.24, 2.45) is 0 Å². The Hall–Kier alpha value is -9.22. The third-order valence-electron chi connectivity index (χ3n) is 15.3. The highest BCUT2D eigenvalue weighted by Gasteiger charge is 2.25. The van der Waals surface area contributed by atoms with Crippen LogP contribution >= 0.6 is 0 Å². The van der Waals surface area contributed by atoms with Crippen molar-refractivity contribution in [2.45, 2.75) is 55.4 Å². The molecule has 2 aromatic heterocycles. The second-order valence-electron chi connectivity index (χ2n) is 20.6. The molecular formula is C70H54N4. The summed E-state index contributed by atoms with van der Waals surface area (Å²) in [6.07, 6.45) is 0. The van der Waals surface area contributed by atoms with E-state index < -0.39 is 0 Å². The van der Waals surface area contributed by atoms with Crippen molar-refractivity contribution in [3.63, 3.8) is 0 Å². The first kappa shape index (κ1) is 45.9. The summed E-state index contributed by atoms with van der Waals surface area (Å²) >= 11 is 0. The lowest BCUT2D eigenvalue weighted by Crippen LogP contribution is -2.05. The van der Waals surface area contributed by atoms with Crippen molar-refractivity contribution in [1.29, 1.82) is 10.5 Å². The molecule has 4 heteroatoms. The van der Waals surface area contributed by atoms with Crippen molar-refractivity contribution in [3.8, 4) is 79.1 Å². The molecule has 0 fully saturated rings. The van der Waals surface area contributed by atoms with Gasteiger partial charge in [-0.1, -0.05) is 131 Å². The molecule has 2 heterocycles. The Morgan fingerprint density at radius 1 is 0.284 bits per heavy atom. The zero-order chi connectivity index (χ0) is 51.1. The first-order valence-electron chi connectivity index (χ1n) is 25.4. The van der Waals surface area contributed by atoms with E-state index in [1.165, 1.54) is 66.8 Å². The molecule has 0 amide bonds. The number of hydrogen-bond acceptors (Lipinski definition) is 2. The number of hydrogen-bond donors (Lipinski definition) is 0. The van der Waals surface area contributed by atoms with Gasteiger partial charge in [-0.15, -0.1) is 0 Å². The van der Waals surface area contributed by atoms with Gasteiger partial charge >= 0.3 is 0 Å². The molecule has 0 aliphatic carbocycles. The van der Waals surface area contributed by atoms with Crippen LogP contribution in [0.1, 0.15) is 55.6 Å². The Labute approximate surface area is 433 Å². The lowest BCUT2D eigenvalue weighted by Gasteiger charge is -2.21. The van der Waals surface area contributed by atoms with Crippen LogP contribution in [0.5, 0.6) is 0 Å². The predicted octanol–water partition coefficient (Wildman–Crippen LogP) is 18.4. The Balaban J connectivity index is 1.20. The molecule has 12 rings (SSSR count). The lowest BCUT2D eigenvalue weighted by molar-refractivity contribution is 1.13. The van der Waals surface area contributed by atoms with E-state index in [0.717, 1.165) is 88.4 Å². The van der Waals surface area contributed by atoms with Crippen LogP contribution in [0, 0.1) is 78.1 Å². The molecule has 354 valence electrons. The summed E-state index contributed by atoms with van der Waals surface area (Å²) in [4.78, 5) is 0. The van der Waals surface area contributed by atoms with Crippen molar-refractivity contribution >= 4 is 43.6 Å². The minimum absolute atomic E-state index is 0.537. The molecule has 10 aromatic carbocycles. The number of nitriles is 2. The van der Waals surface area contributed by atoms with Crippen LogP contribution in [0.25, 0.3) is 111 Å². The minimum atomic E-state index is 0.537. The number of nitrogens with zero attached hydrogens (tertiary/aromatic N) is 4. The second-order valence-corrected chi connectivity index (χ2v) is 20.6. The maximum Gasteiger partial charge on any atom is 0.0993 e. The topological polar surface area (TPSA) is 57.4 Å². The highest BCUT2D eigenvalue weighted by atomic mass is 15.0. The second kappa shape index (κ2) is 17.8. The number of aromatic nitrogens is 2. The maximum absolute atomic E-state index is 11.2. The van der Waals surface area contributed by atoms with Gasteiger partial charge < -0.3 is 9.13 Å². The lowest BCUT2D eigenvalue weighted by atomic mass is 9.95. The van der Waals surface area contributed by atoms with Crippen LogP contribution in [0.2, 0.25) is 0 Å². The van der Waals surface area contributed by atoms with Gasteiger partial charge in [-0.2, -0.15) is 10.5 Å². The zero-order valence-corrected chi connectivity index (χ0v) is 43.1. The number of rotatable bonds is 7. The Kier molecular flexibility index (Phi) is 11.0. The molecular weight excluding hydrogens is 897 g/mol. The van der Waals surface area contributed by atoms with Crippen LogP contribution < -0.4 is 0 Å². The maximum atomic E-state index is 11.2. The van der Waals surface area contributed by atoms with Gasteiger partial charge in [-0.3, -0.25) is 0 Å². The Morgan fingerprint density at radius 3 is 0.838 bits per heavy atom. The summed E-state index contributed by atoms with van der Waals surface area (Å²) in [5.74, 6) is 0. The average molecular weight is 951 g/mol. The average Bonchev–Trinajstić information content (AvgIpc) is 3.90. The highest BCUT2D eigenvalue weighted by molar-refractivity contribution is 6.14. The zero-order valence-electron chi connectivity index (χ0n) is 43.1. The molecule has 0 atom stereocenters. The molecule has 12 aromatic rings. The molecule has 0 aliphatic rings. The number of fused-ring (bicyclic) bond motifs is 6. The fraction of sp³-hybridized carbons (Fsp3) is 0.114. The van der Waals surface area contributed by atoms with Crippen LogP contribution in [0.3, 0.4) is 0 Å². The first-order valence-corrected chi connectivity index (χ1v) is 25.4. The van der Waals surface area contributed by atoms with Gasteiger partial charge in [-0.05, 0) is 201 Å². The molecule has 0 saturated heterocycles. The van der Waals surface area contributed by atoms with Crippen LogP contribution in [-0.4, -0.2) is 9.13 Å². The summed E-state index contributed by atoms with van der Waals surface area (Å²) in [5, 5.41) is 25.8.